The highest BCUT2D eigenvalue weighted by Gasteiger charge is 2.24. The molecule has 0 aliphatic carbocycles. The number of aliphatic hydroxyl groups is 1. The molecule has 1 aliphatic heterocycles. The van der Waals surface area contributed by atoms with Gasteiger partial charge in [0.25, 0.3) is 0 Å². The van der Waals surface area contributed by atoms with Crippen LogP contribution in [0.5, 0.6) is 0 Å². The summed E-state index contributed by atoms with van der Waals surface area (Å²) in [5, 5.41) is 11.8. The molecule has 1 aliphatic rings. The molecule has 1 amide bonds. The first kappa shape index (κ1) is 10.5. The zero-order chi connectivity index (χ0) is 9.68. The molecule has 0 aromatic heterocycles. The van der Waals surface area contributed by atoms with Crippen LogP contribution < -0.4 is 5.32 Å². The summed E-state index contributed by atoms with van der Waals surface area (Å²) < 4.78 is 0. The quantitative estimate of drug-likeness (QED) is 0.627. The fourth-order valence-electron chi connectivity index (χ4n) is 1.75. The van der Waals surface area contributed by atoms with E-state index in [0.29, 0.717) is 13.1 Å². The van der Waals surface area contributed by atoms with E-state index in [-0.39, 0.29) is 18.6 Å². The van der Waals surface area contributed by atoms with Gasteiger partial charge in [0.1, 0.15) is 0 Å². The van der Waals surface area contributed by atoms with Crippen LogP contribution >= 0.6 is 0 Å². The zero-order valence-corrected chi connectivity index (χ0v) is 8.12. The van der Waals surface area contributed by atoms with Gasteiger partial charge in [-0.15, -0.1) is 0 Å². The maximum atomic E-state index is 11.2. The normalized spacial score (nSPS) is 23.4. The van der Waals surface area contributed by atoms with E-state index in [1.807, 2.05) is 11.8 Å². The van der Waals surface area contributed by atoms with Gasteiger partial charge in [-0.05, 0) is 26.3 Å². The fraction of sp³-hybridized carbons (Fsp3) is 0.889. The Morgan fingerprint density at radius 1 is 1.69 bits per heavy atom. The molecule has 0 aromatic rings. The number of likely N-dealkylation sites (N-methyl/N-ethyl adjacent to an activating group) is 1. The molecule has 1 fully saturated rings. The predicted octanol–water partition coefficient (Wildman–Crippen LogP) is -0.421. The van der Waals surface area contributed by atoms with Gasteiger partial charge in [-0.2, -0.15) is 0 Å². The van der Waals surface area contributed by atoms with Crippen LogP contribution in [0, 0.1) is 0 Å². The number of nitrogens with zero attached hydrogens (tertiary/aromatic N) is 1. The molecule has 0 bridgehead atoms. The molecule has 2 N–H and O–H groups in total. The fourth-order valence-corrected chi connectivity index (χ4v) is 1.75. The molecule has 0 radical (unpaired) electrons. The minimum atomic E-state index is 0.0582. The van der Waals surface area contributed by atoms with Gasteiger partial charge in [0, 0.05) is 12.6 Å². The number of aliphatic hydroxyl groups excluding tert-OH is 1. The Hall–Kier alpha value is -0.610. The zero-order valence-electron chi connectivity index (χ0n) is 8.12. The number of carbonyl (C=O) groups excluding carboxylic acids is 1. The maximum absolute atomic E-state index is 11.2. The van der Waals surface area contributed by atoms with Crippen LogP contribution in [-0.4, -0.2) is 48.2 Å². The van der Waals surface area contributed by atoms with Crippen molar-refractivity contribution in [2.45, 2.75) is 25.8 Å². The third-order valence-electron chi connectivity index (χ3n) is 2.43. The monoisotopic (exact) mass is 186 g/mol. The van der Waals surface area contributed by atoms with Crippen molar-refractivity contribution < 1.29 is 9.90 Å². The predicted molar refractivity (Wildman–Crippen MR) is 50.4 cm³/mol. The third-order valence-corrected chi connectivity index (χ3v) is 2.43. The van der Waals surface area contributed by atoms with Crippen molar-refractivity contribution in [3.63, 3.8) is 0 Å². The number of nitrogens with one attached hydrogen (secondary N) is 1. The second-order valence-corrected chi connectivity index (χ2v) is 3.40. The van der Waals surface area contributed by atoms with E-state index >= 15 is 0 Å². The molecule has 1 heterocycles. The molecule has 76 valence electrons. The summed E-state index contributed by atoms with van der Waals surface area (Å²) in [6.07, 6.45) is 2.10. The number of amides is 1. The average Bonchev–Trinajstić information content (AvgIpc) is 2.52. The Morgan fingerprint density at radius 3 is 3.08 bits per heavy atom. The van der Waals surface area contributed by atoms with Crippen molar-refractivity contribution in [1.29, 1.82) is 0 Å². The molecule has 0 spiro atoms. The standard InChI is InChI=1S/C9H18N2O2/c1-2-10-9(13)6-11-5-3-4-8(11)7-12/h8,12H,2-7H2,1H3,(H,10,13)/t8-/m1/s1. The van der Waals surface area contributed by atoms with Crippen molar-refractivity contribution in [2.75, 3.05) is 26.2 Å². The second kappa shape index (κ2) is 5.19. The highest BCUT2D eigenvalue weighted by atomic mass is 16.3. The van der Waals surface area contributed by atoms with E-state index in [1.54, 1.807) is 0 Å². The number of rotatable bonds is 4. The summed E-state index contributed by atoms with van der Waals surface area (Å²) in [6.45, 7) is 4.11. The van der Waals surface area contributed by atoms with Crippen LogP contribution in [0.25, 0.3) is 0 Å². The van der Waals surface area contributed by atoms with Gasteiger partial charge in [-0.3, -0.25) is 9.69 Å². The van der Waals surface area contributed by atoms with Crippen LogP contribution in [0.3, 0.4) is 0 Å². The molecule has 13 heavy (non-hydrogen) atoms. The van der Waals surface area contributed by atoms with E-state index in [4.69, 9.17) is 5.11 Å². The van der Waals surface area contributed by atoms with E-state index in [2.05, 4.69) is 5.32 Å². The number of carbonyl (C=O) groups is 1. The number of hydrogen-bond donors (Lipinski definition) is 2. The van der Waals surface area contributed by atoms with Crippen molar-refractivity contribution in [1.82, 2.24) is 10.2 Å². The Kier molecular flexibility index (Phi) is 4.18. The van der Waals surface area contributed by atoms with Crippen molar-refractivity contribution >= 4 is 5.91 Å². The lowest BCUT2D eigenvalue weighted by Gasteiger charge is -2.21. The van der Waals surface area contributed by atoms with Gasteiger partial charge in [0.15, 0.2) is 0 Å². The van der Waals surface area contributed by atoms with Crippen molar-refractivity contribution in [2.24, 2.45) is 0 Å². The van der Waals surface area contributed by atoms with Crippen LogP contribution in [0.4, 0.5) is 0 Å². The third kappa shape index (κ3) is 2.97. The minimum absolute atomic E-state index is 0.0582. The van der Waals surface area contributed by atoms with E-state index in [1.165, 1.54) is 0 Å². The Labute approximate surface area is 78.9 Å². The van der Waals surface area contributed by atoms with Crippen molar-refractivity contribution in [3.8, 4) is 0 Å². The Balaban J connectivity index is 2.30. The number of hydrogen-bond acceptors (Lipinski definition) is 3. The lowest BCUT2D eigenvalue weighted by molar-refractivity contribution is -0.122. The summed E-state index contributed by atoms with van der Waals surface area (Å²) in [7, 11) is 0. The molecule has 0 saturated carbocycles. The van der Waals surface area contributed by atoms with E-state index in [0.717, 1.165) is 19.4 Å². The summed E-state index contributed by atoms with van der Waals surface area (Å²) in [6, 6.07) is 0.197. The SMILES string of the molecule is CCNC(=O)CN1CCC[C@@H]1CO. The summed E-state index contributed by atoms with van der Waals surface area (Å²) in [4.78, 5) is 13.3. The summed E-state index contributed by atoms with van der Waals surface area (Å²) in [5.41, 5.74) is 0. The molecule has 4 nitrogen and oxygen atoms in total. The van der Waals surface area contributed by atoms with Crippen molar-refractivity contribution in [3.05, 3.63) is 0 Å². The highest BCUT2D eigenvalue weighted by molar-refractivity contribution is 5.78. The average molecular weight is 186 g/mol. The molecular formula is C9H18N2O2. The number of likely N-dealkylation sites (tertiary alicyclic amines) is 1. The van der Waals surface area contributed by atoms with E-state index < -0.39 is 0 Å². The second-order valence-electron chi connectivity index (χ2n) is 3.40. The smallest absolute Gasteiger partial charge is 0.234 e. The van der Waals surface area contributed by atoms with E-state index in [9.17, 15) is 4.79 Å². The molecule has 0 aromatic carbocycles. The van der Waals surface area contributed by atoms with Gasteiger partial charge < -0.3 is 10.4 Å². The Bertz CT molecular complexity index is 173. The first-order valence-corrected chi connectivity index (χ1v) is 4.89. The molecule has 0 unspecified atom stereocenters. The van der Waals surface area contributed by atoms with Crippen LogP contribution in [0.2, 0.25) is 0 Å². The van der Waals surface area contributed by atoms with Gasteiger partial charge in [-0.25, -0.2) is 0 Å². The molecule has 1 atom stereocenters. The van der Waals surface area contributed by atoms with Crippen LogP contribution in [0.1, 0.15) is 19.8 Å². The maximum Gasteiger partial charge on any atom is 0.234 e. The molecule has 1 saturated heterocycles. The van der Waals surface area contributed by atoms with Gasteiger partial charge in [0.2, 0.25) is 5.91 Å². The summed E-state index contributed by atoms with van der Waals surface area (Å²) >= 11 is 0. The van der Waals surface area contributed by atoms with Crippen LogP contribution in [0.15, 0.2) is 0 Å². The van der Waals surface area contributed by atoms with Gasteiger partial charge in [0.05, 0.1) is 13.2 Å². The summed E-state index contributed by atoms with van der Waals surface area (Å²) in [5.74, 6) is 0.0582. The van der Waals surface area contributed by atoms with Crippen LogP contribution in [-0.2, 0) is 4.79 Å². The molecule has 4 heteroatoms. The lowest BCUT2D eigenvalue weighted by atomic mass is 10.2. The topological polar surface area (TPSA) is 52.6 Å². The molecule has 1 rings (SSSR count). The largest absolute Gasteiger partial charge is 0.395 e. The molecular weight excluding hydrogens is 168 g/mol. The van der Waals surface area contributed by atoms with Gasteiger partial charge in [-0.1, -0.05) is 0 Å². The first-order chi connectivity index (χ1) is 6.27. The van der Waals surface area contributed by atoms with Gasteiger partial charge >= 0.3 is 0 Å². The first-order valence-electron chi connectivity index (χ1n) is 4.89. The Morgan fingerprint density at radius 2 is 2.46 bits per heavy atom. The highest BCUT2D eigenvalue weighted by Crippen LogP contribution is 2.15. The minimum Gasteiger partial charge on any atom is -0.395 e. The lowest BCUT2D eigenvalue weighted by Crippen LogP contribution is -2.41.